The molecule has 0 fully saturated rings. The Morgan fingerprint density at radius 3 is 2.38 bits per heavy atom. The van der Waals surface area contributed by atoms with Gasteiger partial charge >= 0.3 is 0 Å². The Morgan fingerprint density at radius 2 is 1.69 bits per heavy atom. The number of aromatic nitrogens is 3. The van der Waals surface area contributed by atoms with Crippen LogP contribution >= 0.6 is 0 Å². The normalized spacial score (nSPS) is 10.3. The summed E-state index contributed by atoms with van der Waals surface area (Å²) in [6.45, 7) is 1.07. The number of nitrogens with one attached hydrogen (secondary N) is 2. The number of carbonyl (C=O) groups excluding carboxylic acids is 1. The van der Waals surface area contributed by atoms with Gasteiger partial charge in [0.2, 0.25) is 5.95 Å². The molecule has 0 saturated carbocycles. The van der Waals surface area contributed by atoms with Crippen LogP contribution in [0.4, 0.5) is 5.95 Å². The van der Waals surface area contributed by atoms with Gasteiger partial charge in [0.25, 0.3) is 5.91 Å². The monoisotopic (exact) mass is 393 g/mol. The summed E-state index contributed by atoms with van der Waals surface area (Å²) in [7, 11) is 3.19. The first-order valence-electron chi connectivity index (χ1n) is 9.13. The molecule has 1 amide bonds. The van der Waals surface area contributed by atoms with Crippen molar-refractivity contribution in [1.29, 1.82) is 0 Å². The van der Waals surface area contributed by atoms with Gasteiger partial charge in [-0.15, -0.1) is 0 Å². The summed E-state index contributed by atoms with van der Waals surface area (Å²) < 4.78 is 10.5. The zero-order valence-electron chi connectivity index (χ0n) is 16.4. The molecule has 0 saturated heterocycles. The SMILES string of the molecule is COc1ccc(CCNC(=O)c2cnc(NCc3ccncc3)nc2)cc1OC. The van der Waals surface area contributed by atoms with Gasteiger partial charge in [-0.2, -0.15) is 0 Å². The van der Waals surface area contributed by atoms with E-state index >= 15 is 0 Å². The van der Waals surface area contributed by atoms with Crippen molar-refractivity contribution in [3.05, 3.63) is 71.8 Å². The van der Waals surface area contributed by atoms with Crippen LogP contribution in [0.3, 0.4) is 0 Å². The summed E-state index contributed by atoms with van der Waals surface area (Å²) in [6, 6.07) is 9.51. The van der Waals surface area contributed by atoms with Crippen LogP contribution in [0.5, 0.6) is 11.5 Å². The van der Waals surface area contributed by atoms with Crippen LogP contribution in [-0.4, -0.2) is 41.6 Å². The molecule has 0 spiro atoms. The Balaban J connectivity index is 1.48. The highest BCUT2D eigenvalue weighted by molar-refractivity contribution is 5.93. The second kappa shape index (κ2) is 10.0. The third kappa shape index (κ3) is 5.65. The van der Waals surface area contributed by atoms with Crippen molar-refractivity contribution in [2.24, 2.45) is 0 Å². The number of methoxy groups -OCH3 is 2. The standard InChI is InChI=1S/C21H23N5O3/c1-28-18-4-3-15(11-19(18)29-2)7-10-23-20(27)17-13-25-21(26-14-17)24-12-16-5-8-22-9-6-16/h3-6,8-9,11,13-14H,7,10,12H2,1-2H3,(H,23,27)(H,24,25,26). The van der Waals surface area contributed by atoms with E-state index < -0.39 is 0 Å². The first-order chi connectivity index (χ1) is 14.2. The Morgan fingerprint density at radius 1 is 0.966 bits per heavy atom. The van der Waals surface area contributed by atoms with E-state index in [-0.39, 0.29) is 5.91 Å². The van der Waals surface area contributed by atoms with E-state index in [9.17, 15) is 4.79 Å². The van der Waals surface area contributed by atoms with Crippen LogP contribution < -0.4 is 20.1 Å². The minimum atomic E-state index is -0.217. The van der Waals surface area contributed by atoms with Crippen molar-refractivity contribution < 1.29 is 14.3 Å². The molecule has 1 aromatic carbocycles. The molecule has 0 bridgehead atoms. The van der Waals surface area contributed by atoms with Gasteiger partial charge in [0.15, 0.2) is 11.5 Å². The minimum Gasteiger partial charge on any atom is -0.493 e. The van der Waals surface area contributed by atoms with E-state index in [1.807, 2.05) is 30.3 Å². The molecule has 3 rings (SSSR count). The molecular formula is C21H23N5O3. The topological polar surface area (TPSA) is 98.3 Å². The highest BCUT2D eigenvalue weighted by Gasteiger charge is 2.08. The van der Waals surface area contributed by atoms with Gasteiger partial charge < -0.3 is 20.1 Å². The van der Waals surface area contributed by atoms with E-state index in [2.05, 4.69) is 25.6 Å². The van der Waals surface area contributed by atoms with Crippen LogP contribution in [0.2, 0.25) is 0 Å². The third-order valence-electron chi connectivity index (χ3n) is 4.26. The number of nitrogens with zero attached hydrogens (tertiary/aromatic N) is 3. The van der Waals surface area contributed by atoms with E-state index in [1.165, 1.54) is 12.4 Å². The van der Waals surface area contributed by atoms with Gasteiger partial charge in [-0.3, -0.25) is 9.78 Å². The molecule has 8 heteroatoms. The number of hydrogen-bond donors (Lipinski definition) is 2. The van der Waals surface area contributed by atoms with Crippen molar-refractivity contribution in [1.82, 2.24) is 20.3 Å². The first kappa shape index (κ1) is 20.1. The van der Waals surface area contributed by atoms with Gasteiger partial charge in [-0.05, 0) is 41.8 Å². The lowest BCUT2D eigenvalue weighted by Gasteiger charge is -2.10. The van der Waals surface area contributed by atoms with E-state index in [0.29, 0.717) is 42.5 Å². The fraction of sp³-hybridized carbons (Fsp3) is 0.238. The number of anilines is 1. The first-order valence-corrected chi connectivity index (χ1v) is 9.13. The quantitative estimate of drug-likeness (QED) is 0.576. The average molecular weight is 393 g/mol. The Bertz CT molecular complexity index is 933. The molecule has 8 nitrogen and oxygen atoms in total. The maximum Gasteiger partial charge on any atom is 0.254 e. The van der Waals surface area contributed by atoms with E-state index in [0.717, 1.165) is 11.1 Å². The molecule has 0 radical (unpaired) electrons. The largest absolute Gasteiger partial charge is 0.493 e. The molecule has 0 aliphatic rings. The lowest BCUT2D eigenvalue weighted by molar-refractivity contribution is 0.0953. The van der Waals surface area contributed by atoms with Gasteiger partial charge in [-0.1, -0.05) is 6.07 Å². The fourth-order valence-corrected chi connectivity index (χ4v) is 2.68. The van der Waals surface area contributed by atoms with Crippen LogP contribution in [0, 0.1) is 0 Å². The smallest absolute Gasteiger partial charge is 0.254 e. The summed E-state index contributed by atoms with van der Waals surface area (Å²) in [5, 5.41) is 5.98. The second-order valence-corrected chi connectivity index (χ2v) is 6.20. The van der Waals surface area contributed by atoms with Crippen molar-refractivity contribution >= 4 is 11.9 Å². The molecule has 2 N–H and O–H groups in total. The Kier molecular flexibility index (Phi) is 6.94. The lowest BCUT2D eigenvalue weighted by atomic mass is 10.1. The predicted molar refractivity (Wildman–Crippen MR) is 109 cm³/mol. The highest BCUT2D eigenvalue weighted by atomic mass is 16.5. The van der Waals surface area contributed by atoms with Crippen LogP contribution in [0.1, 0.15) is 21.5 Å². The van der Waals surface area contributed by atoms with Gasteiger partial charge in [0.05, 0.1) is 19.8 Å². The van der Waals surface area contributed by atoms with Crippen molar-refractivity contribution in [2.75, 3.05) is 26.1 Å². The lowest BCUT2D eigenvalue weighted by Crippen LogP contribution is -2.26. The third-order valence-corrected chi connectivity index (χ3v) is 4.26. The number of benzene rings is 1. The fourth-order valence-electron chi connectivity index (χ4n) is 2.68. The molecule has 3 aromatic rings. The minimum absolute atomic E-state index is 0.217. The number of carbonyl (C=O) groups is 1. The number of hydrogen-bond acceptors (Lipinski definition) is 7. The molecule has 0 unspecified atom stereocenters. The molecule has 150 valence electrons. The van der Waals surface area contributed by atoms with Gasteiger partial charge in [-0.25, -0.2) is 9.97 Å². The van der Waals surface area contributed by atoms with Gasteiger partial charge in [0.1, 0.15) is 0 Å². The summed E-state index contributed by atoms with van der Waals surface area (Å²) in [5.41, 5.74) is 2.52. The van der Waals surface area contributed by atoms with Crippen molar-refractivity contribution in [3.63, 3.8) is 0 Å². The number of ether oxygens (including phenoxy) is 2. The number of rotatable bonds is 9. The van der Waals surface area contributed by atoms with E-state index in [1.54, 1.807) is 26.6 Å². The summed E-state index contributed by atoms with van der Waals surface area (Å²) in [4.78, 5) is 24.6. The average Bonchev–Trinajstić information content (AvgIpc) is 2.78. The molecule has 0 atom stereocenters. The summed E-state index contributed by atoms with van der Waals surface area (Å²) >= 11 is 0. The number of amides is 1. The molecular weight excluding hydrogens is 370 g/mol. The molecule has 2 heterocycles. The van der Waals surface area contributed by atoms with Crippen LogP contribution in [-0.2, 0) is 13.0 Å². The Hall–Kier alpha value is -3.68. The zero-order chi connectivity index (χ0) is 20.5. The Labute approximate surface area is 169 Å². The molecule has 0 aliphatic carbocycles. The summed E-state index contributed by atoms with van der Waals surface area (Å²) in [6.07, 6.45) is 7.14. The predicted octanol–water partition coefficient (Wildman–Crippen LogP) is 2.47. The van der Waals surface area contributed by atoms with Crippen molar-refractivity contribution in [3.8, 4) is 11.5 Å². The van der Waals surface area contributed by atoms with Crippen LogP contribution in [0.15, 0.2) is 55.1 Å². The highest BCUT2D eigenvalue weighted by Crippen LogP contribution is 2.27. The zero-order valence-corrected chi connectivity index (χ0v) is 16.4. The maximum absolute atomic E-state index is 12.3. The molecule has 0 aliphatic heterocycles. The van der Waals surface area contributed by atoms with Crippen molar-refractivity contribution in [2.45, 2.75) is 13.0 Å². The maximum atomic E-state index is 12.3. The second-order valence-electron chi connectivity index (χ2n) is 6.20. The van der Waals surface area contributed by atoms with E-state index in [4.69, 9.17) is 9.47 Å². The van der Waals surface area contributed by atoms with Gasteiger partial charge in [0, 0.05) is 37.9 Å². The number of pyridine rings is 1. The molecule has 29 heavy (non-hydrogen) atoms. The molecule has 2 aromatic heterocycles. The summed E-state index contributed by atoms with van der Waals surface area (Å²) in [5.74, 6) is 1.59. The van der Waals surface area contributed by atoms with Crippen LogP contribution in [0.25, 0.3) is 0 Å².